The lowest BCUT2D eigenvalue weighted by Crippen LogP contribution is -2.22. The van der Waals surface area contributed by atoms with Gasteiger partial charge in [0.25, 0.3) is 5.56 Å². The van der Waals surface area contributed by atoms with Gasteiger partial charge in [-0.05, 0) is 31.0 Å². The number of nitrogens with two attached hydrogens (primary N) is 1. The number of hydrogen-bond donors (Lipinski definition) is 1. The van der Waals surface area contributed by atoms with Crippen LogP contribution in [0.3, 0.4) is 0 Å². The van der Waals surface area contributed by atoms with Gasteiger partial charge in [-0.25, -0.2) is 9.97 Å². The number of benzene rings is 1. The van der Waals surface area contributed by atoms with E-state index in [9.17, 15) is 4.79 Å². The van der Waals surface area contributed by atoms with Gasteiger partial charge in [0.1, 0.15) is 0 Å². The Hall–Kier alpha value is -2.21. The molecule has 1 aromatic carbocycles. The van der Waals surface area contributed by atoms with Gasteiger partial charge in [0.15, 0.2) is 5.13 Å². The quantitative estimate of drug-likeness (QED) is 0.805. The summed E-state index contributed by atoms with van der Waals surface area (Å²) in [7, 11) is 0. The first-order valence-electron chi connectivity index (χ1n) is 6.71. The summed E-state index contributed by atoms with van der Waals surface area (Å²) in [6.07, 6.45) is 2.29. The standard InChI is InChI=1S/C15H16N4OS/c1-9-3-4-12-13(10(9)2)17-8-19(14(12)20)6-5-11-7-21-15(16)18-11/h3-4,7-8H,5-6H2,1-2H3,(H2,16,18). The lowest BCUT2D eigenvalue weighted by molar-refractivity contribution is 0.656. The van der Waals surface area contributed by atoms with Gasteiger partial charge >= 0.3 is 0 Å². The van der Waals surface area contributed by atoms with E-state index in [1.54, 1.807) is 10.9 Å². The fourth-order valence-electron chi connectivity index (χ4n) is 2.31. The molecule has 0 radical (unpaired) electrons. The van der Waals surface area contributed by atoms with E-state index in [4.69, 9.17) is 5.73 Å². The first-order valence-corrected chi connectivity index (χ1v) is 7.59. The van der Waals surface area contributed by atoms with Crippen molar-refractivity contribution in [2.75, 3.05) is 5.73 Å². The van der Waals surface area contributed by atoms with Crippen LogP contribution in [0.5, 0.6) is 0 Å². The highest BCUT2D eigenvalue weighted by atomic mass is 32.1. The maximum Gasteiger partial charge on any atom is 0.261 e. The molecule has 0 saturated heterocycles. The van der Waals surface area contributed by atoms with Gasteiger partial charge in [-0.1, -0.05) is 6.07 Å². The first-order chi connectivity index (χ1) is 10.1. The first kappa shape index (κ1) is 13.8. The van der Waals surface area contributed by atoms with Crippen LogP contribution < -0.4 is 11.3 Å². The summed E-state index contributed by atoms with van der Waals surface area (Å²) in [5.74, 6) is 0. The second kappa shape index (κ2) is 5.29. The Bertz CT molecular complexity index is 866. The summed E-state index contributed by atoms with van der Waals surface area (Å²) in [6, 6.07) is 3.82. The molecule has 5 nitrogen and oxygen atoms in total. The van der Waals surface area contributed by atoms with Crippen LogP contribution in [0.15, 0.2) is 28.6 Å². The normalized spacial score (nSPS) is 11.1. The minimum Gasteiger partial charge on any atom is -0.375 e. The molecule has 0 fully saturated rings. The number of nitrogens with zero attached hydrogens (tertiary/aromatic N) is 3. The van der Waals surface area contributed by atoms with Crippen molar-refractivity contribution in [1.82, 2.24) is 14.5 Å². The van der Waals surface area contributed by atoms with Gasteiger partial charge in [0.05, 0.1) is 22.9 Å². The predicted octanol–water partition coefficient (Wildman–Crippen LogP) is 2.29. The monoisotopic (exact) mass is 300 g/mol. The van der Waals surface area contributed by atoms with Crippen LogP contribution >= 0.6 is 11.3 Å². The number of anilines is 1. The molecule has 0 bridgehead atoms. The zero-order valence-electron chi connectivity index (χ0n) is 12.0. The van der Waals surface area contributed by atoms with Crippen LogP contribution in [0.2, 0.25) is 0 Å². The highest BCUT2D eigenvalue weighted by Gasteiger charge is 2.08. The molecule has 3 rings (SSSR count). The average molecular weight is 300 g/mol. The van der Waals surface area contributed by atoms with E-state index in [1.165, 1.54) is 11.3 Å². The highest BCUT2D eigenvalue weighted by molar-refractivity contribution is 7.13. The average Bonchev–Trinajstić information content (AvgIpc) is 2.88. The van der Waals surface area contributed by atoms with Crippen LogP contribution in [-0.2, 0) is 13.0 Å². The van der Waals surface area contributed by atoms with Crippen LogP contribution in [0, 0.1) is 13.8 Å². The van der Waals surface area contributed by atoms with Gasteiger partial charge in [-0.15, -0.1) is 11.3 Å². The van der Waals surface area contributed by atoms with Crippen molar-refractivity contribution < 1.29 is 0 Å². The smallest absolute Gasteiger partial charge is 0.261 e. The van der Waals surface area contributed by atoms with E-state index in [0.717, 1.165) is 22.3 Å². The molecule has 2 N–H and O–H groups in total. The van der Waals surface area contributed by atoms with Crippen molar-refractivity contribution in [3.8, 4) is 0 Å². The predicted molar refractivity (Wildman–Crippen MR) is 85.7 cm³/mol. The summed E-state index contributed by atoms with van der Waals surface area (Å²) in [5, 5.41) is 3.14. The Morgan fingerprint density at radius 3 is 2.86 bits per heavy atom. The van der Waals surface area contributed by atoms with Crippen molar-refractivity contribution in [3.63, 3.8) is 0 Å². The fraction of sp³-hybridized carbons (Fsp3) is 0.267. The molecule has 2 aromatic heterocycles. The summed E-state index contributed by atoms with van der Waals surface area (Å²) >= 11 is 1.41. The maximum atomic E-state index is 12.5. The lowest BCUT2D eigenvalue weighted by atomic mass is 10.1. The Morgan fingerprint density at radius 1 is 1.33 bits per heavy atom. The third kappa shape index (κ3) is 2.54. The fourth-order valence-corrected chi connectivity index (χ4v) is 2.90. The van der Waals surface area contributed by atoms with Gasteiger partial charge in [-0.2, -0.15) is 0 Å². The number of fused-ring (bicyclic) bond motifs is 1. The van der Waals surface area contributed by atoms with Gasteiger partial charge < -0.3 is 5.73 Å². The van der Waals surface area contributed by atoms with E-state index in [-0.39, 0.29) is 5.56 Å². The SMILES string of the molecule is Cc1ccc2c(=O)n(CCc3csc(N)n3)cnc2c1C. The molecule has 0 saturated carbocycles. The number of nitrogen functional groups attached to an aromatic ring is 1. The molecular formula is C15H16N4OS. The number of hydrogen-bond acceptors (Lipinski definition) is 5. The molecule has 0 unspecified atom stereocenters. The highest BCUT2D eigenvalue weighted by Crippen LogP contribution is 2.16. The lowest BCUT2D eigenvalue weighted by Gasteiger charge is -2.08. The Balaban J connectivity index is 1.95. The van der Waals surface area contributed by atoms with Gasteiger partial charge in [-0.3, -0.25) is 9.36 Å². The minimum absolute atomic E-state index is 0.00805. The van der Waals surface area contributed by atoms with Crippen molar-refractivity contribution in [2.24, 2.45) is 0 Å². The van der Waals surface area contributed by atoms with Crippen LogP contribution in [0.1, 0.15) is 16.8 Å². The molecule has 108 valence electrons. The minimum atomic E-state index is -0.00805. The molecule has 0 atom stereocenters. The molecule has 0 aliphatic heterocycles. The molecular weight excluding hydrogens is 284 g/mol. The van der Waals surface area contributed by atoms with Crippen molar-refractivity contribution in [2.45, 2.75) is 26.8 Å². The number of aryl methyl sites for hydroxylation is 4. The molecule has 2 heterocycles. The Labute approximate surface area is 126 Å². The van der Waals surface area contributed by atoms with E-state index < -0.39 is 0 Å². The summed E-state index contributed by atoms with van der Waals surface area (Å²) < 4.78 is 1.63. The topological polar surface area (TPSA) is 73.8 Å². The Kier molecular flexibility index (Phi) is 3.47. The third-order valence-corrected chi connectivity index (χ3v) is 4.42. The van der Waals surface area contributed by atoms with E-state index >= 15 is 0 Å². The van der Waals surface area contributed by atoms with Crippen molar-refractivity contribution >= 4 is 27.4 Å². The summed E-state index contributed by atoms with van der Waals surface area (Å²) in [6.45, 7) is 4.57. The molecule has 6 heteroatoms. The second-order valence-corrected chi connectivity index (χ2v) is 5.96. The maximum absolute atomic E-state index is 12.5. The van der Waals surface area contributed by atoms with Crippen molar-refractivity contribution in [3.05, 3.63) is 51.0 Å². The van der Waals surface area contributed by atoms with Crippen LogP contribution in [0.4, 0.5) is 5.13 Å². The second-order valence-electron chi connectivity index (χ2n) is 5.07. The van der Waals surface area contributed by atoms with Crippen molar-refractivity contribution in [1.29, 1.82) is 0 Å². The van der Waals surface area contributed by atoms with Crippen LogP contribution in [0.25, 0.3) is 10.9 Å². The summed E-state index contributed by atoms with van der Waals surface area (Å²) in [5.41, 5.74) is 9.50. The molecule has 0 aliphatic carbocycles. The molecule has 0 amide bonds. The van der Waals surface area contributed by atoms with E-state index in [0.29, 0.717) is 23.5 Å². The van der Waals surface area contributed by atoms with Gasteiger partial charge in [0, 0.05) is 18.3 Å². The largest absolute Gasteiger partial charge is 0.375 e. The van der Waals surface area contributed by atoms with Gasteiger partial charge in [0.2, 0.25) is 0 Å². The van der Waals surface area contributed by atoms with E-state index in [2.05, 4.69) is 9.97 Å². The van der Waals surface area contributed by atoms with E-state index in [1.807, 2.05) is 31.4 Å². The molecule has 3 aromatic rings. The number of aromatic nitrogens is 3. The zero-order valence-corrected chi connectivity index (χ0v) is 12.8. The molecule has 0 aliphatic rings. The zero-order chi connectivity index (χ0) is 15.0. The number of thiazole rings is 1. The van der Waals surface area contributed by atoms with Crippen LogP contribution in [-0.4, -0.2) is 14.5 Å². The third-order valence-electron chi connectivity index (χ3n) is 3.70. The molecule has 0 spiro atoms. The molecule has 21 heavy (non-hydrogen) atoms. The number of rotatable bonds is 3. The Morgan fingerprint density at radius 2 is 2.14 bits per heavy atom. The summed E-state index contributed by atoms with van der Waals surface area (Å²) in [4.78, 5) is 21.1.